The summed E-state index contributed by atoms with van der Waals surface area (Å²) in [6, 6.07) is 15.8. The van der Waals surface area contributed by atoms with Crippen molar-refractivity contribution in [3.8, 4) is 11.1 Å². The summed E-state index contributed by atoms with van der Waals surface area (Å²) in [5, 5.41) is 3.18. The molecule has 100 valence electrons. The van der Waals surface area contributed by atoms with Crippen LogP contribution in [-0.4, -0.2) is 7.05 Å². The normalized spacial score (nSPS) is 10.7. The summed E-state index contributed by atoms with van der Waals surface area (Å²) in [7, 11) is 1.98. The van der Waals surface area contributed by atoms with Crippen molar-refractivity contribution in [1.82, 2.24) is 5.32 Å². The smallest absolute Gasteiger partial charge is 0.0202 e. The van der Waals surface area contributed by atoms with Crippen molar-refractivity contribution in [2.45, 2.75) is 33.2 Å². The van der Waals surface area contributed by atoms with Crippen LogP contribution in [0.15, 0.2) is 42.5 Å². The van der Waals surface area contributed by atoms with Crippen LogP contribution in [0.2, 0.25) is 0 Å². The van der Waals surface area contributed by atoms with Crippen molar-refractivity contribution < 1.29 is 0 Å². The fourth-order valence-corrected chi connectivity index (χ4v) is 2.43. The number of hydrogen-bond donors (Lipinski definition) is 1. The minimum absolute atomic E-state index is 0.927. The zero-order valence-electron chi connectivity index (χ0n) is 12.2. The summed E-state index contributed by atoms with van der Waals surface area (Å²) in [6.45, 7) is 5.36. The summed E-state index contributed by atoms with van der Waals surface area (Å²) in [5.41, 5.74) is 6.88. The molecule has 2 aromatic carbocycles. The molecular formula is C18H23N. The predicted molar refractivity (Wildman–Crippen MR) is 83.4 cm³/mol. The molecule has 0 aliphatic heterocycles. The van der Waals surface area contributed by atoms with E-state index < -0.39 is 0 Å². The van der Waals surface area contributed by atoms with E-state index in [4.69, 9.17) is 0 Å². The van der Waals surface area contributed by atoms with Crippen molar-refractivity contribution in [3.05, 3.63) is 59.2 Å². The molecule has 2 rings (SSSR count). The number of nitrogens with one attached hydrogen (secondary N) is 1. The van der Waals surface area contributed by atoms with Gasteiger partial charge in [-0.3, -0.25) is 0 Å². The molecule has 0 heterocycles. The molecule has 0 amide bonds. The van der Waals surface area contributed by atoms with Gasteiger partial charge in [-0.05, 0) is 47.7 Å². The Morgan fingerprint density at radius 3 is 2.11 bits per heavy atom. The van der Waals surface area contributed by atoms with E-state index in [1.807, 2.05) is 7.05 Å². The average Bonchev–Trinajstić information content (AvgIpc) is 2.47. The van der Waals surface area contributed by atoms with Crippen LogP contribution in [0.3, 0.4) is 0 Å². The van der Waals surface area contributed by atoms with Crippen LogP contribution < -0.4 is 5.32 Å². The first-order valence-corrected chi connectivity index (χ1v) is 7.14. The summed E-state index contributed by atoms with van der Waals surface area (Å²) in [5.74, 6) is 0. The molecule has 19 heavy (non-hydrogen) atoms. The van der Waals surface area contributed by atoms with Crippen LogP contribution in [0.25, 0.3) is 11.1 Å². The lowest BCUT2D eigenvalue weighted by molar-refractivity contribution is 0.818. The fraction of sp³-hybridized carbons (Fsp3) is 0.333. The molecule has 1 heteroatoms. The zero-order valence-corrected chi connectivity index (χ0v) is 12.2. The SMILES string of the molecule is CCc1ccc(CC)c(-c2ccc(CNC)cc2)c1. The van der Waals surface area contributed by atoms with E-state index in [2.05, 4.69) is 61.6 Å². The number of hydrogen-bond acceptors (Lipinski definition) is 1. The van der Waals surface area contributed by atoms with Gasteiger partial charge in [-0.1, -0.05) is 56.3 Å². The standard InChI is InChI=1S/C18H23N/c1-4-14-6-9-16(5-2)18(12-14)17-10-7-15(8-11-17)13-19-3/h6-12,19H,4-5,13H2,1-3H3. The number of rotatable bonds is 5. The van der Waals surface area contributed by atoms with Gasteiger partial charge < -0.3 is 5.32 Å². The molecule has 0 radical (unpaired) electrons. The lowest BCUT2D eigenvalue weighted by Gasteiger charge is -2.11. The highest BCUT2D eigenvalue weighted by molar-refractivity contribution is 5.68. The number of benzene rings is 2. The molecule has 0 aromatic heterocycles. The van der Waals surface area contributed by atoms with Crippen LogP contribution in [0.1, 0.15) is 30.5 Å². The number of aryl methyl sites for hydroxylation is 2. The molecule has 0 aliphatic rings. The monoisotopic (exact) mass is 253 g/mol. The van der Waals surface area contributed by atoms with Crippen molar-refractivity contribution in [2.24, 2.45) is 0 Å². The average molecular weight is 253 g/mol. The molecule has 0 fully saturated rings. The first-order valence-electron chi connectivity index (χ1n) is 7.14. The molecule has 0 atom stereocenters. The fourth-order valence-electron chi connectivity index (χ4n) is 2.43. The second-order valence-corrected chi connectivity index (χ2v) is 4.93. The van der Waals surface area contributed by atoms with Gasteiger partial charge in [0.25, 0.3) is 0 Å². The van der Waals surface area contributed by atoms with Crippen molar-refractivity contribution in [1.29, 1.82) is 0 Å². The lowest BCUT2D eigenvalue weighted by Crippen LogP contribution is -2.04. The Hall–Kier alpha value is -1.60. The summed E-state index contributed by atoms with van der Waals surface area (Å²) >= 11 is 0. The Labute approximate surface area is 116 Å². The topological polar surface area (TPSA) is 12.0 Å². The van der Waals surface area contributed by atoms with Crippen molar-refractivity contribution >= 4 is 0 Å². The Balaban J connectivity index is 2.38. The van der Waals surface area contributed by atoms with Crippen molar-refractivity contribution in [3.63, 3.8) is 0 Å². The van der Waals surface area contributed by atoms with Gasteiger partial charge in [-0.25, -0.2) is 0 Å². The first-order chi connectivity index (χ1) is 9.28. The minimum Gasteiger partial charge on any atom is -0.316 e. The quantitative estimate of drug-likeness (QED) is 0.842. The molecular weight excluding hydrogens is 230 g/mol. The van der Waals surface area contributed by atoms with Gasteiger partial charge in [0, 0.05) is 6.54 Å². The Morgan fingerprint density at radius 1 is 0.842 bits per heavy atom. The Bertz CT molecular complexity index is 526. The molecule has 1 nitrogen and oxygen atoms in total. The van der Waals surface area contributed by atoms with Crippen LogP contribution in [-0.2, 0) is 19.4 Å². The zero-order chi connectivity index (χ0) is 13.7. The second kappa shape index (κ2) is 6.53. The molecule has 0 bridgehead atoms. The third kappa shape index (κ3) is 3.24. The van der Waals surface area contributed by atoms with Gasteiger partial charge >= 0.3 is 0 Å². The van der Waals surface area contributed by atoms with Gasteiger partial charge in [0.2, 0.25) is 0 Å². The van der Waals surface area contributed by atoms with E-state index in [0.29, 0.717) is 0 Å². The highest BCUT2D eigenvalue weighted by Gasteiger charge is 2.05. The molecule has 1 N–H and O–H groups in total. The van der Waals surface area contributed by atoms with Gasteiger partial charge in [-0.15, -0.1) is 0 Å². The Morgan fingerprint density at radius 2 is 1.53 bits per heavy atom. The Kier molecular flexibility index (Phi) is 4.75. The van der Waals surface area contributed by atoms with Crippen LogP contribution in [0.4, 0.5) is 0 Å². The van der Waals surface area contributed by atoms with Gasteiger partial charge in [0.05, 0.1) is 0 Å². The highest BCUT2D eigenvalue weighted by Crippen LogP contribution is 2.26. The molecule has 0 spiro atoms. The van der Waals surface area contributed by atoms with E-state index in [9.17, 15) is 0 Å². The van der Waals surface area contributed by atoms with E-state index in [-0.39, 0.29) is 0 Å². The summed E-state index contributed by atoms with van der Waals surface area (Å²) in [4.78, 5) is 0. The summed E-state index contributed by atoms with van der Waals surface area (Å²) in [6.07, 6.45) is 2.17. The van der Waals surface area contributed by atoms with Crippen LogP contribution in [0.5, 0.6) is 0 Å². The lowest BCUT2D eigenvalue weighted by atomic mass is 9.94. The van der Waals surface area contributed by atoms with Gasteiger partial charge in [0.1, 0.15) is 0 Å². The largest absolute Gasteiger partial charge is 0.316 e. The molecule has 0 saturated heterocycles. The second-order valence-electron chi connectivity index (χ2n) is 4.93. The third-order valence-electron chi connectivity index (χ3n) is 3.61. The minimum atomic E-state index is 0.927. The van der Waals surface area contributed by atoms with Crippen LogP contribution in [0, 0.1) is 0 Å². The van der Waals surface area contributed by atoms with E-state index >= 15 is 0 Å². The molecule has 0 aliphatic carbocycles. The maximum atomic E-state index is 3.18. The van der Waals surface area contributed by atoms with Crippen LogP contribution >= 0.6 is 0 Å². The van der Waals surface area contributed by atoms with Crippen molar-refractivity contribution in [2.75, 3.05) is 7.05 Å². The predicted octanol–water partition coefficient (Wildman–Crippen LogP) is 4.20. The first kappa shape index (κ1) is 13.8. The molecule has 0 saturated carbocycles. The van der Waals surface area contributed by atoms with E-state index in [1.165, 1.54) is 27.8 Å². The molecule has 2 aromatic rings. The van der Waals surface area contributed by atoms with Gasteiger partial charge in [0.15, 0.2) is 0 Å². The highest BCUT2D eigenvalue weighted by atomic mass is 14.8. The van der Waals surface area contributed by atoms with E-state index in [1.54, 1.807) is 0 Å². The molecule has 0 unspecified atom stereocenters. The third-order valence-corrected chi connectivity index (χ3v) is 3.61. The van der Waals surface area contributed by atoms with Gasteiger partial charge in [-0.2, -0.15) is 0 Å². The summed E-state index contributed by atoms with van der Waals surface area (Å²) < 4.78 is 0. The van der Waals surface area contributed by atoms with E-state index in [0.717, 1.165) is 19.4 Å². The maximum Gasteiger partial charge on any atom is 0.0202 e. The maximum absolute atomic E-state index is 3.18.